The minimum absolute atomic E-state index is 0.127. The number of halogens is 2. The van der Waals surface area contributed by atoms with Gasteiger partial charge < -0.3 is 0 Å². The van der Waals surface area contributed by atoms with E-state index in [1.807, 2.05) is 0 Å². The number of pyridine rings is 1. The molecule has 0 saturated carbocycles. The summed E-state index contributed by atoms with van der Waals surface area (Å²) >= 11 is 1.23. The van der Waals surface area contributed by atoms with E-state index in [2.05, 4.69) is 15.3 Å². The maximum absolute atomic E-state index is 14.2. The summed E-state index contributed by atoms with van der Waals surface area (Å²) in [5.41, 5.74) is 1.91. The Bertz CT molecular complexity index is 924. The van der Waals surface area contributed by atoms with Crippen LogP contribution < -0.4 is 5.32 Å². The molecule has 2 aromatic heterocycles. The second-order valence-electron chi connectivity index (χ2n) is 5.25. The molecule has 2 heterocycles. The van der Waals surface area contributed by atoms with E-state index in [1.165, 1.54) is 23.6 Å². The van der Waals surface area contributed by atoms with E-state index in [-0.39, 0.29) is 11.1 Å². The van der Waals surface area contributed by atoms with E-state index in [9.17, 15) is 13.6 Å². The normalized spacial score (nSPS) is 10.7. The van der Waals surface area contributed by atoms with Gasteiger partial charge in [0.1, 0.15) is 11.6 Å². The lowest BCUT2D eigenvalue weighted by Crippen LogP contribution is -2.14. The largest absolute Gasteiger partial charge is 0.298 e. The number of aromatic nitrogens is 2. The van der Waals surface area contributed by atoms with Crippen LogP contribution in [-0.4, -0.2) is 15.9 Å². The summed E-state index contributed by atoms with van der Waals surface area (Å²) in [6.45, 7) is 3.58. The summed E-state index contributed by atoms with van der Waals surface area (Å²) in [6, 6.07) is 3.63. The Hall–Kier alpha value is -2.67. The molecule has 122 valence electrons. The molecule has 0 saturated heterocycles. The van der Waals surface area contributed by atoms with Gasteiger partial charge in [0.05, 0.1) is 11.3 Å². The van der Waals surface area contributed by atoms with Crippen molar-refractivity contribution in [3.63, 3.8) is 0 Å². The van der Waals surface area contributed by atoms with Gasteiger partial charge in [0.25, 0.3) is 5.91 Å². The van der Waals surface area contributed by atoms with E-state index < -0.39 is 17.5 Å². The summed E-state index contributed by atoms with van der Waals surface area (Å²) in [7, 11) is 0. The second-order valence-corrected chi connectivity index (χ2v) is 6.11. The van der Waals surface area contributed by atoms with Crippen LogP contribution in [0.3, 0.4) is 0 Å². The lowest BCUT2D eigenvalue weighted by molar-refractivity contribution is 0.102. The van der Waals surface area contributed by atoms with Crippen LogP contribution in [0.25, 0.3) is 11.1 Å². The number of rotatable bonds is 3. The zero-order valence-electron chi connectivity index (χ0n) is 12.9. The van der Waals surface area contributed by atoms with E-state index in [0.29, 0.717) is 16.8 Å². The maximum atomic E-state index is 14.2. The number of nitrogens with one attached hydrogen (secondary N) is 1. The van der Waals surface area contributed by atoms with Crippen LogP contribution in [0, 0.1) is 25.5 Å². The van der Waals surface area contributed by atoms with Crippen molar-refractivity contribution in [2.24, 2.45) is 0 Å². The summed E-state index contributed by atoms with van der Waals surface area (Å²) in [5, 5.41) is 4.65. The highest BCUT2D eigenvalue weighted by Gasteiger charge is 2.19. The molecule has 3 rings (SSSR count). The lowest BCUT2D eigenvalue weighted by Gasteiger charge is -2.10. The summed E-state index contributed by atoms with van der Waals surface area (Å²) in [6.07, 6.45) is 3.07. The van der Waals surface area contributed by atoms with E-state index >= 15 is 0 Å². The van der Waals surface area contributed by atoms with Crippen molar-refractivity contribution in [1.82, 2.24) is 9.97 Å². The Morgan fingerprint density at radius 2 is 1.96 bits per heavy atom. The highest BCUT2D eigenvalue weighted by atomic mass is 32.1. The molecule has 1 N–H and O–H groups in total. The predicted molar refractivity (Wildman–Crippen MR) is 89.1 cm³/mol. The highest BCUT2D eigenvalue weighted by molar-refractivity contribution is 7.13. The molecule has 7 heteroatoms. The van der Waals surface area contributed by atoms with Gasteiger partial charge in [-0.15, -0.1) is 11.3 Å². The topological polar surface area (TPSA) is 54.9 Å². The van der Waals surface area contributed by atoms with Crippen molar-refractivity contribution in [2.75, 3.05) is 5.32 Å². The molecular weight excluding hydrogens is 332 g/mol. The first-order valence-corrected chi connectivity index (χ1v) is 7.97. The van der Waals surface area contributed by atoms with Gasteiger partial charge >= 0.3 is 0 Å². The first-order chi connectivity index (χ1) is 11.5. The smallest absolute Gasteiger partial charge is 0.260 e. The molecule has 1 aromatic carbocycles. The van der Waals surface area contributed by atoms with Crippen LogP contribution in [0.15, 0.2) is 36.0 Å². The minimum atomic E-state index is -0.927. The van der Waals surface area contributed by atoms with Crippen LogP contribution in [0.1, 0.15) is 21.6 Å². The zero-order chi connectivity index (χ0) is 17.3. The van der Waals surface area contributed by atoms with E-state index in [1.54, 1.807) is 31.5 Å². The molecule has 0 aliphatic carbocycles. The molecule has 1 amide bonds. The number of hydrogen-bond acceptors (Lipinski definition) is 4. The number of aryl methyl sites for hydroxylation is 2. The number of hydrogen-bond donors (Lipinski definition) is 1. The lowest BCUT2D eigenvalue weighted by atomic mass is 9.99. The summed E-state index contributed by atoms with van der Waals surface area (Å²) < 4.78 is 28.3. The average Bonchev–Trinajstić information content (AvgIpc) is 2.93. The maximum Gasteiger partial charge on any atom is 0.260 e. The van der Waals surface area contributed by atoms with Crippen molar-refractivity contribution in [3.05, 3.63) is 64.4 Å². The fraction of sp³-hybridized carbons (Fsp3) is 0.118. The van der Waals surface area contributed by atoms with Gasteiger partial charge in [-0.3, -0.25) is 15.1 Å². The van der Waals surface area contributed by atoms with E-state index in [4.69, 9.17) is 0 Å². The van der Waals surface area contributed by atoms with Crippen LogP contribution in [0.5, 0.6) is 0 Å². The Balaban J connectivity index is 2.01. The fourth-order valence-corrected chi connectivity index (χ4v) is 2.93. The minimum Gasteiger partial charge on any atom is -0.298 e. The number of thiazole rings is 1. The molecule has 0 spiro atoms. The number of carbonyl (C=O) groups is 1. The molecule has 0 unspecified atom stereocenters. The van der Waals surface area contributed by atoms with Gasteiger partial charge in [0.2, 0.25) is 0 Å². The third-order valence-electron chi connectivity index (χ3n) is 3.47. The van der Waals surface area contributed by atoms with Crippen LogP contribution >= 0.6 is 11.3 Å². The Kier molecular flexibility index (Phi) is 4.35. The van der Waals surface area contributed by atoms with Gasteiger partial charge in [-0.1, -0.05) is 0 Å². The van der Waals surface area contributed by atoms with Crippen molar-refractivity contribution in [2.45, 2.75) is 13.8 Å². The molecule has 0 aliphatic rings. The Morgan fingerprint density at radius 1 is 1.17 bits per heavy atom. The van der Waals surface area contributed by atoms with Crippen LogP contribution in [0.4, 0.5) is 13.9 Å². The fourth-order valence-electron chi connectivity index (χ4n) is 2.25. The molecule has 0 radical (unpaired) electrons. The standard InChI is InChI=1S/C17H13F2N3OS/c1-9-3-4-20-7-13(9)11-5-12(15(19)6-14(11)18)16(23)22-17-21-10(2)8-24-17/h3-8H,1-2H3,(H,21,22,23). The Morgan fingerprint density at radius 3 is 2.62 bits per heavy atom. The van der Waals surface area contributed by atoms with Crippen molar-refractivity contribution in [1.29, 1.82) is 0 Å². The van der Waals surface area contributed by atoms with E-state index in [0.717, 1.165) is 11.3 Å². The number of nitrogens with zero attached hydrogens (tertiary/aromatic N) is 2. The first kappa shape index (κ1) is 16.2. The molecular formula is C17H13F2N3OS. The number of amides is 1. The summed E-state index contributed by atoms with van der Waals surface area (Å²) in [5.74, 6) is -2.35. The monoisotopic (exact) mass is 345 g/mol. The first-order valence-electron chi connectivity index (χ1n) is 7.09. The highest BCUT2D eigenvalue weighted by Crippen LogP contribution is 2.28. The van der Waals surface area contributed by atoms with Gasteiger partial charge in [-0.2, -0.15) is 0 Å². The average molecular weight is 345 g/mol. The van der Waals surface area contributed by atoms with Crippen molar-refractivity contribution in [3.8, 4) is 11.1 Å². The molecule has 3 aromatic rings. The van der Waals surface area contributed by atoms with Gasteiger partial charge in [0, 0.05) is 35.0 Å². The van der Waals surface area contributed by atoms with Gasteiger partial charge in [-0.05, 0) is 31.5 Å². The zero-order valence-corrected chi connectivity index (χ0v) is 13.7. The Labute approximate surface area is 141 Å². The van der Waals surface area contributed by atoms with Crippen molar-refractivity contribution >= 4 is 22.4 Å². The number of carbonyl (C=O) groups excluding carboxylic acids is 1. The van der Waals surface area contributed by atoms with Crippen LogP contribution in [-0.2, 0) is 0 Å². The molecule has 0 atom stereocenters. The summed E-state index contributed by atoms with van der Waals surface area (Å²) in [4.78, 5) is 20.4. The molecule has 0 aliphatic heterocycles. The molecule has 24 heavy (non-hydrogen) atoms. The number of benzene rings is 1. The van der Waals surface area contributed by atoms with Crippen LogP contribution in [0.2, 0.25) is 0 Å². The van der Waals surface area contributed by atoms with Gasteiger partial charge in [0.15, 0.2) is 5.13 Å². The molecule has 4 nitrogen and oxygen atoms in total. The number of anilines is 1. The van der Waals surface area contributed by atoms with Gasteiger partial charge in [-0.25, -0.2) is 13.8 Å². The van der Waals surface area contributed by atoms with Crippen molar-refractivity contribution < 1.29 is 13.6 Å². The SMILES string of the molecule is Cc1csc(NC(=O)c2cc(-c3cnccc3C)c(F)cc2F)n1. The molecule has 0 fully saturated rings. The predicted octanol–water partition coefficient (Wildman–Crippen LogP) is 4.35. The second kappa shape index (κ2) is 6.45. The third kappa shape index (κ3) is 3.16. The quantitative estimate of drug-likeness (QED) is 0.768. The molecule has 0 bridgehead atoms. The third-order valence-corrected chi connectivity index (χ3v) is 4.35.